The third kappa shape index (κ3) is 3.39. The first-order chi connectivity index (χ1) is 9.58. The van der Waals surface area contributed by atoms with Gasteiger partial charge in [0.2, 0.25) is 0 Å². The third-order valence-electron chi connectivity index (χ3n) is 2.44. The van der Waals surface area contributed by atoms with Gasteiger partial charge in [0.25, 0.3) is 5.91 Å². The topological polar surface area (TPSA) is 41.5 Å². The summed E-state index contributed by atoms with van der Waals surface area (Å²) in [5.41, 5.74) is 2.85. The molecule has 2 rings (SSSR count). The molecule has 0 atom stereocenters. The summed E-state index contributed by atoms with van der Waals surface area (Å²) in [6.45, 7) is 0. The second-order valence-electron chi connectivity index (χ2n) is 3.85. The number of hydrogen-bond donors (Lipinski definition) is 1. The van der Waals surface area contributed by atoms with E-state index in [0.717, 1.165) is 12.1 Å². The molecule has 3 nitrogen and oxygen atoms in total. The highest BCUT2D eigenvalue weighted by molar-refractivity contribution is 6.33. The molecule has 2 aromatic rings. The molecule has 0 bridgehead atoms. The lowest BCUT2D eigenvalue weighted by Crippen LogP contribution is -2.17. The maximum atomic E-state index is 12.9. The molecule has 102 valence electrons. The molecular weight excluding hydrogens is 286 g/mol. The number of nitrogens with one attached hydrogen (secondary N) is 1. The smallest absolute Gasteiger partial charge is 0.267 e. The molecule has 0 fully saturated rings. The number of benzene rings is 2. The van der Waals surface area contributed by atoms with Crippen molar-refractivity contribution in [3.63, 3.8) is 0 Å². The zero-order valence-corrected chi connectivity index (χ0v) is 10.9. The van der Waals surface area contributed by atoms with Crippen LogP contribution in [0.5, 0.6) is 0 Å². The van der Waals surface area contributed by atoms with Crippen LogP contribution in [0.2, 0.25) is 5.02 Å². The van der Waals surface area contributed by atoms with Gasteiger partial charge < -0.3 is 0 Å². The lowest BCUT2D eigenvalue weighted by Gasteiger charge is -2.01. The van der Waals surface area contributed by atoms with Crippen molar-refractivity contribution in [3.8, 4) is 0 Å². The first-order valence-electron chi connectivity index (χ1n) is 5.61. The summed E-state index contributed by atoms with van der Waals surface area (Å²) < 4.78 is 25.7. The summed E-state index contributed by atoms with van der Waals surface area (Å²) in [5.74, 6) is -2.41. The molecule has 0 aliphatic heterocycles. The zero-order chi connectivity index (χ0) is 14.5. The number of rotatable bonds is 3. The minimum atomic E-state index is -0.980. The average molecular weight is 295 g/mol. The highest BCUT2D eigenvalue weighted by Crippen LogP contribution is 2.14. The van der Waals surface area contributed by atoms with Crippen LogP contribution in [0.4, 0.5) is 8.78 Å². The summed E-state index contributed by atoms with van der Waals surface area (Å²) in [6, 6.07) is 9.78. The summed E-state index contributed by atoms with van der Waals surface area (Å²) in [7, 11) is 0. The van der Waals surface area contributed by atoms with Crippen LogP contribution in [0.15, 0.2) is 47.6 Å². The van der Waals surface area contributed by atoms with Crippen molar-refractivity contribution in [3.05, 3.63) is 70.2 Å². The van der Waals surface area contributed by atoms with Crippen molar-refractivity contribution >= 4 is 23.7 Å². The van der Waals surface area contributed by atoms with Crippen LogP contribution in [0.3, 0.4) is 0 Å². The van der Waals surface area contributed by atoms with E-state index >= 15 is 0 Å². The van der Waals surface area contributed by atoms with Crippen molar-refractivity contribution in [2.45, 2.75) is 0 Å². The van der Waals surface area contributed by atoms with Crippen LogP contribution in [0, 0.1) is 11.6 Å². The van der Waals surface area contributed by atoms with E-state index in [4.69, 9.17) is 11.6 Å². The zero-order valence-electron chi connectivity index (χ0n) is 10.1. The summed E-state index contributed by atoms with van der Waals surface area (Å²) in [6.07, 6.45) is 1.21. The first kappa shape index (κ1) is 14.1. The molecule has 20 heavy (non-hydrogen) atoms. The quantitative estimate of drug-likeness (QED) is 0.684. The van der Waals surface area contributed by atoms with Gasteiger partial charge in [-0.3, -0.25) is 4.79 Å². The van der Waals surface area contributed by atoms with Gasteiger partial charge >= 0.3 is 0 Å². The number of hydrazone groups is 1. The van der Waals surface area contributed by atoms with E-state index in [-0.39, 0.29) is 5.56 Å². The Morgan fingerprint density at radius 3 is 2.60 bits per heavy atom. The van der Waals surface area contributed by atoms with E-state index in [1.807, 2.05) is 0 Å². The van der Waals surface area contributed by atoms with Crippen LogP contribution in [-0.4, -0.2) is 12.1 Å². The maximum absolute atomic E-state index is 12.9. The fourth-order valence-electron chi connectivity index (χ4n) is 1.46. The Bertz CT molecular complexity index is 674. The Morgan fingerprint density at radius 1 is 1.15 bits per heavy atom. The van der Waals surface area contributed by atoms with Gasteiger partial charge in [0, 0.05) is 0 Å². The largest absolute Gasteiger partial charge is 0.272 e. The standard InChI is InChI=1S/C14H9ClF2N2O/c15-11-4-2-1-3-10(11)14(20)19-18-8-9-5-6-12(16)13(17)7-9/h1-8H,(H,19,20)/b18-8+. The van der Waals surface area contributed by atoms with Gasteiger partial charge in [0.05, 0.1) is 16.8 Å². The number of carbonyl (C=O) groups is 1. The molecule has 2 aromatic carbocycles. The molecule has 1 N–H and O–H groups in total. The Hall–Kier alpha value is -2.27. The molecule has 0 radical (unpaired) electrons. The molecule has 0 saturated carbocycles. The van der Waals surface area contributed by atoms with E-state index in [0.29, 0.717) is 10.6 Å². The van der Waals surface area contributed by atoms with E-state index < -0.39 is 17.5 Å². The van der Waals surface area contributed by atoms with Gasteiger partial charge in [0.15, 0.2) is 11.6 Å². The predicted octanol–water partition coefficient (Wildman–Crippen LogP) is 3.38. The van der Waals surface area contributed by atoms with Crippen LogP contribution in [0.1, 0.15) is 15.9 Å². The fourth-order valence-corrected chi connectivity index (χ4v) is 1.69. The molecule has 1 amide bonds. The Balaban J connectivity index is 2.05. The average Bonchev–Trinajstić information content (AvgIpc) is 2.43. The van der Waals surface area contributed by atoms with Crippen molar-refractivity contribution in [2.24, 2.45) is 5.10 Å². The molecule has 0 aliphatic rings. The van der Waals surface area contributed by atoms with Crippen LogP contribution >= 0.6 is 11.6 Å². The van der Waals surface area contributed by atoms with Gasteiger partial charge in [-0.1, -0.05) is 29.8 Å². The van der Waals surface area contributed by atoms with Crippen molar-refractivity contribution in [1.82, 2.24) is 5.43 Å². The molecular formula is C14H9ClF2N2O. The highest BCUT2D eigenvalue weighted by atomic mass is 35.5. The minimum Gasteiger partial charge on any atom is -0.267 e. The van der Waals surface area contributed by atoms with Crippen LogP contribution in [0.25, 0.3) is 0 Å². The van der Waals surface area contributed by atoms with Crippen molar-refractivity contribution < 1.29 is 13.6 Å². The molecule has 0 heterocycles. The van der Waals surface area contributed by atoms with E-state index in [2.05, 4.69) is 10.5 Å². The minimum absolute atomic E-state index is 0.275. The number of amides is 1. The summed E-state index contributed by atoms with van der Waals surface area (Å²) in [5, 5.41) is 3.96. The van der Waals surface area contributed by atoms with Gasteiger partial charge in [-0.25, -0.2) is 14.2 Å². The predicted molar refractivity (Wildman–Crippen MR) is 72.9 cm³/mol. The van der Waals surface area contributed by atoms with E-state index in [9.17, 15) is 13.6 Å². The van der Waals surface area contributed by atoms with Crippen molar-refractivity contribution in [2.75, 3.05) is 0 Å². The molecule has 0 aromatic heterocycles. The van der Waals surface area contributed by atoms with Crippen LogP contribution < -0.4 is 5.43 Å². The Morgan fingerprint density at radius 2 is 1.90 bits per heavy atom. The fraction of sp³-hybridized carbons (Fsp3) is 0. The molecule has 0 aliphatic carbocycles. The Labute approximate surface area is 118 Å². The van der Waals surface area contributed by atoms with Gasteiger partial charge in [0.1, 0.15) is 0 Å². The lowest BCUT2D eigenvalue weighted by atomic mass is 10.2. The third-order valence-corrected chi connectivity index (χ3v) is 2.77. The van der Waals surface area contributed by atoms with Crippen LogP contribution in [-0.2, 0) is 0 Å². The second-order valence-corrected chi connectivity index (χ2v) is 4.26. The number of halogens is 3. The normalized spacial score (nSPS) is 10.8. The molecule has 0 unspecified atom stereocenters. The first-order valence-corrected chi connectivity index (χ1v) is 5.98. The Kier molecular flexibility index (Phi) is 4.42. The molecule has 6 heteroatoms. The monoisotopic (exact) mass is 294 g/mol. The summed E-state index contributed by atoms with van der Waals surface area (Å²) >= 11 is 5.85. The number of nitrogens with zero attached hydrogens (tertiary/aromatic N) is 1. The van der Waals surface area contributed by atoms with Gasteiger partial charge in [-0.15, -0.1) is 0 Å². The van der Waals surface area contributed by atoms with Gasteiger partial charge in [-0.2, -0.15) is 5.10 Å². The number of carbonyl (C=O) groups excluding carboxylic acids is 1. The summed E-state index contributed by atoms with van der Waals surface area (Å²) in [4.78, 5) is 11.7. The highest BCUT2D eigenvalue weighted by Gasteiger charge is 2.07. The van der Waals surface area contributed by atoms with Crippen molar-refractivity contribution in [1.29, 1.82) is 0 Å². The second kappa shape index (κ2) is 6.25. The maximum Gasteiger partial charge on any atom is 0.272 e. The lowest BCUT2D eigenvalue weighted by molar-refractivity contribution is 0.0955. The van der Waals surface area contributed by atoms with Gasteiger partial charge in [-0.05, 0) is 29.8 Å². The van der Waals surface area contributed by atoms with E-state index in [1.54, 1.807) is 24.3 Å². The number of hydrogen-bond acceptors (Lipinski definition) is 2. The molecule has 0 spiro atoms. The van der Waals surface area contributed by atoms with E-state index in [1.165, 1.54) is 12.3 Å². The SMILES string of the molecule is O=C(N/N=C/c1ccc(F)c(F)c1)c1ccccc1Cl. The molecule has 0 saturated heterocycles.